The monoisotopic (exact) mass is 297 g/mol. The molecule has 110 valence electrons. The van der Waals surface area contributed by atoms with E-state index in [1.807, 2.05) is 13.8 Å². The summed E-state index contributed by atoms with van der Waals surface area (Å²) < 4.78 is 13.8. The first-order valence-corrected chi connectivity index (χ1v) is 7.52. The van der Waals surface area contributed by atoms with E-state index in [-0.39, 0.29) is 12.2 Å². The highest BCUT2D eigenvalue weighted by molar-refractivity contribution is 6.31. The number of likely N-dealkylation sites (tertiary alicyclic amines) is 1. The van der Waals surface area contributed by atoms with Crippen LogP contribution in [0.4, 0.5) is 4.39 Å². The molecule has 2 nitrogen and oxygen atoms in total. The highest BCUT2D eigenvalue weighted by atomic mass is 35.5. The van der Waals surface area contributed by atoms with E-state index in [4.69, 9.17) is 11.6 Å². The maximum atomic E-state index is 13.8. The van der Waals surface area contributed by atoms with Gasteiger partial charge in [-0.2, -0.15) is 0 Å². The zero-order valence-corrected chi connectivity index (χ0v) is 12.8. The average molecular weight is 298 g/mol. The summed E-state index contributed by atoms with van der Waals surface area (Å²) in [4.78, 5) is 14.8. The van der Waals surface area contributed by atoms with Gasteiger partial charge in [-0.1, -0.05) is 24.1 Å². The zero-order valence-electron chi connectivity index (χ0n) is 12.1. The first-order valence-electron chi connectivity index (χ1n) is 7.14. The number of halogens is 2. The number of nitrogens with zero attached hydrogens (tertiary/aromatic N) is 1. The summed E-state index contributed by atoms with van der Waals surface area (Å²) in [6.45, 7) is 5.72. The second-order valence-corrected chi connectivity index (χ2v) is 6.31. The molecule has 0 aromatic heterocycles. The summed E-state index contributed by atoms with van der Waals surface area (Å²) in [6.07, 6.45) is 3.52. The van der Waals surface area contributed by atoms with Crippen molar-refractivity contribution >= 4 is 17.4 Å². The maximum Gasteiger partial charge on any atom is 0.157 e. The number of benzene rings is 1. The third kappa shape index (κ3) is 3.21. The van der Waals surface area contributed by atoms with Gasteiger partial charge < -0.3 is 0 Å². The Hall–Kier alpha value is -0.930. The van der Waals surface area contributed by atoms with Gasteiger partial charge in [0.25, 0.3) is 0 Å². The van der Waals surface area contributed by atoms with Crippen molar-refractivity contribution in [2.45, 2.75) is 45.1 Å². The zero-order chi connectivity index (χ0) is 14.8. The van der Waals surface area contributed by atoms with Crippen LogP contribution >= 0.6 is 11.6 Å². The minimum absolute atomic E-state index is 0.0198. The molecular formula is C16H21ClFNO. The molecule has 0 bridgehead atoms. The normalized spacial score (nSPS) is 17.2. The van der Waals surface area contributed by atoms with Crippen molar-refractivity contribution in [2.24, 2.45) is 0 Å². The molecule has 1 fully saturated rings. The SMILES string of the molecule is CC(C)(C(=O)Cc1c(F)cccc1Cl)N1CCCCC1. The van der Waals surface area contributed by atoms with E-state index in [1.54, 1.807) is 12.1 Å². The molecule has 0 N–H and O–H groups in total. The lowest BCUT2D eigenvalue weighted by Gasteiger charge is -2.39. The van der Waals surface area contributed by atoms with Crippen LogP contribution in [0.1, 0.15) is 38.7 Å². The van der Waals surface area contributed by atoms with Crippen LogP contribution in [0.25, 0.3) is 0 Å². The number of rotatable bonds is 4. The number of hydrogen-bond acceptors (Lipinski definition) is 2. The number of hydrogen-bond donors (Lipinski definition) is 0. The lowest BCUT2D eigenvalue weighted by atomic mass is 9.90. The predicted octanol–water partition coefficient (Wildman–Crippen LogP) is 3.86. The molecule has 0 spiro atoms. The fourth-order valence-electron chi connectivity index (χ4n) is 2.71. The molecule has 1 aromatic rings. The van der Waals surface area contributed by atoms with E-state index in [0.29, 0.717) is 10.6 Å². The lowest BCUT2D eigenvalue weighted by Crippen LogP contribution is -2.52. The summed E-state index contributed by atoms with van der Waals surface area (Å²) >= 11 is 6.00. The Morgan fingerprint density at radius 2 is 1.95 bits per heavy atom. The van der Waals surface area contributed by atoms with Crippen LogP contribution in [0.2, 0.25) is 5.02 Å². The maximum absolute atomic E-state index is 13.8. The van der Waals surface area contributed by atoms with Crippen molar-refractivity contribution in [1.82, 2.24) is 4.90 Å². The molecule has 2 rings (SSSR count). The molecule has 0 atom stereocenters. The fraction of sp³-hybridized carbons (Fsp3) is 0.562. The van der Waals surface area contributed by atoms with Gasteiger partial charge in [0.2, 0.25) is 0 Å². The van der Waals surface area contributed by atoms with Crippen molar-refractivity contribution in [1.29, 1.82) is 0 Å². The van der Waals surface area contributed by atoms with Gasteiger partial charge in [-0.3, -0.25) is 9.69 Å². The third-order valence-corrected chi connectivity index (χ3v) is 4.58. The van der Waals surface area contributed by atoms with Gasteiger partial charge >= 0.3 is 0 Å². The summed E-state index contributed by atoms with van der Waals surface area (Å²) in [5.41, 5.74) is -0.254. The second-order valence-electron chi connectivity index (χ2n) is 5.91. The van der Waals surface area contributed by atoms with Crippen LogP contribution in [0.15, 0.2) is 18.2 Å². The van der Waals surface area contributed by atoms with E-state index >= 15 is 0 Å². The molecule has 4 heteroatoms. The molecular weight excluding hydrogens is 277 g/mol. The molecule has 0 amide bonds. The number of Topliss-reactive ketones (excluding diaryl/α,β-unsaturated/α-hetero) is 1. The fourth-order valence-corrected chi connectivity index (χ4v) is 2.94. The second kappa shape index (κ2) is 6.23. The predicted molar refractivity (Wildman–Crippen MR) is 79.6 cm³/mol. The quantitative estimate of drug-likeness (QED) is 0.841. The Labute approximate surface area is 124 Å². The molecule has 1 aliphatic rings. The Kier molecular flexibility index (Phi) is 4.82. The Bertz CT molecular complexity index is 475. The largest absolute Gasteiger partial charge is 0.297 e. The first-order chi connectivity index (χ1) is 9.43. The van der Waals surface area contributed by atoms with E-state index in [2.05, 4.69) is 4.90 Å². The average Bonchev–Trinajstić information content (AvgIpc) is 2.43. The summed E-state index contributed by atoms with van der Waals surface area (Å²) in [5.74, 6) is -0.383. The number of piperidine rings is 1. The van der Waals surface area contributed by atoms with Crippen molar-refractivity contribution in [3.8, 4) is 0 Å². The Morgan fingerprint density at radius 1 is 1.30 bits per heavy atom. The van der Waals surface area contributed by atoms with Crippen LogP contribution < -0.4 is 0 Å². The smallest absolute Gasteiger partial charge is 0.157 e. The van der Waals surface area contributed by atoms with E-state index in [9.17, 15) is 9.18 Å². The van der Waals surface area contributed by atoms with Gasteiger partial charge in [-0.15, -0.1) is 0 Å². The Morgan fingerprint density at radius 3 is 2.55 bits per heavy atom. The van der Waals surface area contributed by atoms with Crippen molar-refractivity contribution in [3.05, 3.63) is 34.6 Å². The molecule has 0 unspecified atom stereocenters. The number of ketones is 1. The molecule has 20 heavy (non-hydrogen) atoms. The van der Waals surface area contributed by atoms with Crippen LogP contribution in [0.5, 0.6) is 0 Å². The van der Waals surface area contributed by atoms with Crippen LogP contribution in [-0.2, 0) is 11.2 Å². The van der Waals surface area contributed by atoms with E-state index < -0.39 is 11.4 Å². The molecule has 1 heterocycles. The highest BCUT2D eigenvalue weighted by Gasteiger charge is 2.35. The summed E-state index contributed by atoms with van der Waals surface area (Å²) in [6, 6.07) is 4.53. The van der Waals surface area contributed by atoms with Crippen LogP contribution in [-0.4, -0.2) is 29.3 Å². The van der Waals surface area contributed by atoms with Crippen molar-refractivity contribution < 1.29 is 9.18 Å². The molecule has 0 radical (unpaired) electrons. The van der Waals surface area contributed by atoms with E-state index in [0.717, 1.165) is 25.9 Å². The number of carbonyl (C=O) groups is 1. The van der Waals surface area contributed by atoms with Crippen molar-refractivity contribution in [3.63, 3.8) is 0 Å². The highest BCUT2D eigenvalue weighted by Crippen LogP contribution is 2.26. The summed E-state index contributed by atoms with van der Waals surface area (Å²) in [5, 5.41) is 0.327. The van der Waals surface area contributed by atoms with Gasteiger partial charge in [0.05, 0.1) is 5.54 Å². The van der Waals surface area contributed by atoms with Gasteiger partial charge in [-0.25, -0.2) is 4.39 Å². The number of carbonyl (C=O) groups excluding carboxylic acids is 1. The molecule has 0 aliphatic carbocycles. The third-order valence-electron chi connectivity index (χ3n) is 4.23. The van der Waals surface area contributed by atoms with Crippen LogP contribution in [0.3, 0.4) is 0 Å². The van der Waals surface area contributed by atoms with E-state index in [1.165, 1.54) is 12.5 Å². The standard InChI is InChI=1S/C16H21ClFNO/c1-16(2,19-9-4-3-5-10-19)15(20)11-12-13(17)7-6-8-14(12)18/h6-8H,3-5,9-11H2,1-2H3. The van der Waals surface area contributed by atoms with Crippen LogP contribution in [0, 0.1) is 5.82 Å². The topological polar surface area (TPSA) is 20.3 Å². The minimum atomic E-state index is -0.563. The van der Waals surface area contributed by atoms with Gasteiger partial charge in [0.1, 0.15) is 5.82 Å². The lowest BCUT2D eigenvalue weighted by molar-refractivity contribution is -0.129. The minimum Gasteiger partial charge on any atom is -0.297 e. The first kappa shape index (κ1) is 15.5. The van der Waals surface area contributed by atoms with Gasteiger partial charge in [-0.05, 0) is 51.9 Å². The van der Waals surface area contributed by atoms with Gasteiger partial charge in [0, 0.05) is 17.0 Å². The van der Waals surface area contributed by atoms with Gasteiger partial charge in [0.15, 0.2) is 5.78 Å². The molecule has 1 saturated heterocycles. The molecule has 1 aromatic carbocycles. The Balaban J connectivity index is 2.14. The molecule has 0 saturated carbocycles. The molecule has 1 aliphatic heterocycles. The summed E-state index contributed by atoms with van der Waals surface area (Å²) in [7, 11) is 0. The van der Waals surface area contributed by atoms with Crippen molar-refractivity contribution in [2.75, 3.05) is 13.1 Å².